The Labute approximate surface area is 150 Å². The summed E-state index contributed by atoms with van der Waals surface area (Å²) < 4.78 is 0. The average molecular weight is 331 g/mol. The van der Waals surface area contributed by atoms with Crippen LogP contribution in [0.25, 0.3) is 5.70 Å². The number of allylic oxidation sites excluding steroid dienone is 2. The maximum Gasteiger partial charge on any atom is 0.133 e. The third-order valence-electron chi connectivity index (χ3n) is 5.47. The number of unbranched alkanes of at least 4 members (excludes halogenated alkanes) is 1. The highest BCUT2D eigenvalue weighted by Crippen LogP contribution is 2.43. The van der Waals surface area contributed by atoms with Gasteiger partial charge in [-0.3, -0.25) is 0 Å². The molecule has 3 heteroatoms. The van der Waals surface area contributed by atoms with Crippen LogP contribution in [0.5, 0.6) is 0 Å². The molecule has 3 rings (SSSR count). The highest BCUT2D eigenvalue weighted by molar-refractivity contribution is 5.70. The van der Waals surface area contributed by atoms with Gasteiger partial charge in [-0.2, -0.15) is 10.5 Å². The lowest BCUT2D eigenvalue weighted by Crippen LogP contribution is -2.45. The van der Waals surface area contributed by atoms with Crippen LogP contribution in [0.2, 0.25) is 0 Å². The Morgan fingerprint density at radius 2 is 1.84 bits per heavy atom. The predicted octanol–water partition coefficient (Wildman–Crippen LogP) is 5.05. The fraction of sp³-hybridized carbons (Fsp3) is 0.455. The monoisotopic (exact) mass is 331 g/mol. The molecule has 0 radical (unpaired) electrons. The van der Waals surface area contributed by atoms with E-state index in [0.717, 1.165) is 31.4 Å². The third kappa shape index (κ3) is 3.47. The van der Waals surface area contributed by atoms with Gasteiger partial charge >= 0.3 is 0 Å². The molecule has 25 heavy (non-hydrogen) atoms. The maximum absolute atomic E-state index is 9.46. The molecule has 1 saturated carbocycles. The van der Waals surface area contributed by atoms with E-state index in [1.165, 1.54) is 30.5 Å². The van der Waals surface area contributed by atoms with Gasteiger partial charge in [-0.05, 0) is 36.5 Å². The molecule has 1 aromatic rings. The summed E-state index contributed by atoms with van der Waals surface area (Å²) in [7, 11) is 0. The van der Waals surface area contributed by atoms with Crippen LogP contribution in [-0.4, -0.2) is 17.5 Å². The molecule has 0 aromatic heterocycles. The smallest absolute Gasteiger partial charge is 0.133 e. The normalized spacial score (nSPS) is 22.4. The van der Waals surface area contributed by atoms with Crippen molar-refractivity contribution < 1.29 is 0 Å². The van der Waals surface area contributed by atoms with Crippen molar-refractivity contribution in [1.82, 2.24) is 4.90 Å². The van der Waals surface area contributed by atoms with Crippen molar-refractivity contribution >= 4 is 5.70 Å². The van der Waals surface area contributed by atoms with E-state index < -0.39 is 0 Å². The van der Waals surface area contributed by atoms with E-state index in [2.05, 4.69) is 54.3 Å². The molecule has 0 saturated heterocycles. The number of nitriles is 2. The Kier molecular flexibility index (Phi) is 5.56. The predicted molar refractivity (Wildman–Crippen MR) is 100 cm³/mol. The highest BCUT2D eigenvalue weighted by atomic mass is 15.2. The molecular formula is C22H25N3. The van der Waals surface area contributed by atoms with Crippen LogP contribution in [0.4, 0.5) is 0 Å². The molecule has 0 amide bonds. The van der Waals surface area contributed by atoms with E-state index in [1.54, 1.807) is 0 Å². The van der Waals surface area contributed by atoms with Gasteiger partial charge in [0.05, 0.1) is 0 Å². The van der Waals surface area contributed by atoms with E-state index in [4.69, 9.17) is 0 Å². The van der Waals surface area contributed by atoms with Gasteiger partial charge in [0.25, 0.3) is 0 Å². The van der Waals surface area contributed by atoms with Crippen molar-refractivity contribution in [1.29, 1.82) is 10.5 Å². The lowest BCUT2D eigenvalue weighted by molar-refractivity contribution is 0.172. The van der Waals surface area contributed by atoms with Gasteiger partial charge in [-0.15, -0.1) is 0 Å². The largest absolute Gasteiger partial charge is 0.367 e. The van der Waals surface area contributed by atoms with Crippen LogP contribution in [0.3, 0.4) is 0 Å². The molecule has 2 atom stereocenters. The molecule has 0 N–H and O–H groups in total. The lowest BCUT2D eigenvalue weighted by Gasteiger charge is -2.46. The Hall–Kier alpha value is -2.52. The number of rotatable bonds is 4. The second-order valence-electron chi connectivity index (χ2n) is 6.95. The third-order valence-corrected chi connectivity index (χ3v) is 5.47. The van der Waals surface area contributed by atoms with Crippen LogP contribution in [0.1, 0.15) is 51.0 Å². The van der Waals surface area contributed by atoms with Crippen molar-refractivity contribution in [2.24, 2.45) is 5.92 Å². The van der Waals surface area contributed by atoms with Crippen molar-refractivity contribution in [2.75, 3.05) is 6.54 Å². The Morgan fingerprint density at radius 3 is 2.52 bits per heavy atom. The van der Waals surface area contributed by atoms with Crippen LogP contribution >= 0.6 is 0 Å². The van der Waals surface area contributed by atoms with Gasteiger partial charge in [-0.25, -0.2) is 0 Å². The second kappa shape index (κ2) is 8.04. The zero-order valence-corrected chi connectivity index (χ0v) is 14.9. The van der Waals surface area contributed by atoms with Crippen molar-refractivity contribution in [3.63, 3.8) is 0 Å². The number of hydrogen-bond donors (Lipinski definition) is 0. The van der Waals surface area contributed by atoms with Gasteiger partial charge in [0.2, 0.25) is 0 Å². The lowest BCUT2D eigenvalue weighted by atomic mass is 9.74. The molecule has 0 unspecified atom stereocenters. The minimum absolute atomic E-state index is 0.292. The summed E-state index contributed by atoms with van der Waals surface area (Å²) in [6, 6.07) is 15.1. The summed E-state index contributed by atoms with van der Waals surface area (Å²) in [5.41, 5.74) is 3.60. The fourth-order valence-corrected chi connectivity index (χ4v) is 4.25. The topological polar surface area (TPSA) is 50.8 Å². The standard InChI is InChI=1S/C22H25N3/c1-2-3-13-25-21-12-8-7-11-19(21)20(18(15-23)16-24)14-22(25)17-9-5-4-6-10-17/h4-6,9-10,14,19,21H,2-3,7-8,11-13H2,1H3/t19-,21-/m1/s1. The minimum atomic E-state index is 0.292. The average Bonchev–Trinajstić information content (AvgIpc) is 2.68. The minimum Gasteiger partial charge on any atom is -0.367 e. The zero-order valence-electron chi connectivity index (χ0n) is 14.9. The zero-order chi connectivity index (χ0) is 17.6. The summed E-state index contributed by atoms with van der Waals surface area (Å²) in [6.07, 6.45) is 9.09. The van der Waals surface area contributed by atoms with Gasteiger partial charge in [0, 0.05) is 24.2 Å². The van der Waals surface area contributed by atoms with Crippen molar-refractivity contribution in [2.45, 2.75) is 51.5 Å². The first-order chi connectivity index (χ1) is 12.3. The van der Waals surface area contributed by atoms with Crippen molar-refractivity contribution in [3.05, 3.63) is 53.1 Å². The number of benzene rings is 1. The molecule has 1 aliphatic heterocycles. The SMILES string of the molecule is CCCCN1C(c2ccccc2)=CC(=C(C#N)C#N)[C@H]2CCCC[C@H]21. The summed E-state index contributed by atoms with van der Waals surface area (Å²) in [5.74, 6) is 0.312. The molecule has 1 aliphatic carbocycles. The van der Waals surface area contributed by atoms with E-state index in [-0.39, 0.29) is 0 Å². The number of hydrogen-bond acceptors (Lipinski definition) is 3. The molecule has 128 valence electrons. The van der Waals surface area contributed by atoms with Gasteiger partial charge < -0.3 is 4.90 Å². The molecule has 3 nitrogen and oxygen atoms in total. The Balaban J connectivity index is 2.14. The molecule has 0 spiro atoms. The van der Waals surface area contributed by atoms with Crippen LogP contribution in [0, 0.1) is 28.6 Å². The van der Waals surface area contributed by atoms with E-state index >= 15 is 0 Å². The van der Waals surface area contributed by atoms with E-state index in [9.17, 15) is 10.5 Å². The Morgan fingerprint density at radius 1 is 1.12 bits per heavy atom. The molecule has 2 aliphatic rings. The number of fused-ring (bicyclic) bond motifs is 1. The summed E-state index contributed by atoms with van der Waals surface area (Å²) in [5, 5.41) is 18.9. The highest BCUT2D eigenvalue weighted by Gasteiger charge is 2.38. The first-order valence-corrected chi connectivity index (χ1v) is 9.38. The van der Waals surface area contributed by atoms with Gasteiger partial charge in [0.15, 0.2) is 0 Å². The summed E-state index contributed by atoms with van der Waals surface area (Å²) in [4.78, 5) is 2.55. The van der Waals surface area contributed by atoms with E-state index in [1.807, 2.05) is 6.07 Å². The van der Waals surface area contributed by atoms with Crippen LogP contribution in [-0.2, 0) is 0 Å². The van der Waals surface area contributed by atoms with Crippen LogP contribution < -0.4 is 0 Å². The van der Waals surface area contributed by atoms with Gasteiger partial charge in [-0.1, -0.05) is 56.5 Å². The quantitative estimate of drug-likeness (QED) is 0.726. The van der Waals surface area contributed by atoms with E-state index in [0.29, 0.717) is 17.5 Å². The molecular weight excluding hydrogens is 306 g/mol. The summed E-state index contributed by atoms with van der Waals surface area (Å²) >= 11 is 0. The first kappa shape index (κ1) is 17.3. The van der Waals surface area contributed by atoms with Gasteiger partial charge in [0.1, 0.15) is 17.7 Å². The first-order valence-electron chi connectivity index (χ1n) is 9.38. The number of nitrogens with zero attached hydrogens (tertiary/aromatic N) is 3. The van der Waals surface area contributed by atoms with Crippen molar-refractivity contribution in [3.8, 4) is 12.1 Å². The summed E-state index contributed by atoms with van der Waals surface area (Å²) in [6.45, 7) is 3.27. The fourth-order valence-electron chi connectivity index (χ4n) is 4.25. The molecule has 0 bridgehead atoms. The second-order valence-corrected chi connectivity index (χ2v) is 6.95. The molecule has 1 heterocycles. The Bertz CT molecular complexity index is 730. The molecule has 1 fully saturated rings. The maximum atomic E-state index is 9.46. The van der Waals surface area contributed by atoms with Crippen LogP contribution in [0.15, 0.2) is 47.6 Å². The molecule has 1 aromatic carbocycles.